The van der Waals surface area contributed by atoms with E-state index in [0.717, 1.165) is 5.56 Å². The number of carbonyl (C=O) groups is 1. The van der Waals surface area contributed by atoms with Crippen LogP contribution >= 0.6 is 11.8 Å². The highest BCUT2D eigenvalue weighted by Gasteiger charge is 2.58. The summed E-state index contributed by atoms with van der Waals surface area (Å²) in [5, 5.41) is -0.104. The van der Waals surface area contributed by atoms with Crippen molar-refractivity contribution in [2.75, 3.05) is 0 Å². The van der Waals surface area contributed by atoms with Gasteiger partial charge in [0.2, 0.25) is 0 Å². The predicted molar refractivity (Wildman–Crippen MR) is 87.7 cm³/mol. The SMILES string of the molecule is O=C(c1ccccc1)c1ccc(C23C=CC=C(F)C2S3)cc1. The molecular weight excluding hydrogens is 295 g/mol. The second-order valence-electron chi connectivity index (χ2n) is 5.47. The first-order valence-corrected chi connectivity index (χ1v) is 8.02. The Morgan fingerprint density at radius 1 is 1.00 bits per heavy atom. The lowest BCUT2D eigenvalue weighted by Crippen LogP contribution is -2.12. The molecule has 0 spiro atoms. The van der Waals surface area contributed by atoms with Crippen LogP contribution in [0.1, 0.15) is 21.5 Å². The monoisotopic (exact) mass is 308 g/mol. The average Bonchev–Trinajstić information content (AvgIpc) is 3.33. The molecule has 1 heterocycles. The van der Waals surface area contributed by atoms with Crippen LogP contribution in [0.2, 0.25) is 0 Å². The standard InChI is InChI=1S/C19H13FOS/c20-16-7-4-12-19(18(16)22-19)15-10-8-14(9-11-15)17(21)13-5-2-1-3-6-13/h1-12,18H. The zero-order valence-corrected chi connectivity index (χ0v) is 12.5. The summed E-state index contributed by atoms with van der Waals surface area (Å²) in [5.41, 5.74) is 2.38. The molecule has 2 aliphatic rings. The molecule has 4 rings (SSSR count). The zero-order valence-electron chi connectivity index (χ0n) is 11.7. The molecule has 1 aliphatic heterocycles. The van der Waals surface area contributed by atoms with Crippen LogP contribution in [-0.4, -0.2) is 11.0 Å². The summed E-state index contributed by atoms with van der Waals surface area (Å²) in [6.07, 6.45) is 5.34. The number of halogens is 1. The summed E-state index contributed by atoms with van der Waals surface area (Å²) in [6, 6.07) is 16.8. The van der Waals surface area contributed by atoms with E-state index in [4.69, 9.17) is 0 Å². The Morgan fingerprint density at radius 2 is 1.68 bits per heavy atom. The summed E-state index contributed by atoms with van der Waals surface area (Å²) in [5.74, 6) is -0.0631. The number of allylic oxidation sites excluding steroid dienone is 2. The molecule has 0 aromatic heterocycles. The molecule has 1 saturated heterocycles. The molecule has 2 unspecified atom stereocenters. The van der Waals surface area contributed by atoms with Crippen molar-refractivity contribution in [2.45, 2.75) is 10.00 Å². The van der Waals surface area contributed by atoms with Crippen LogP contribution < -0.4 is 0 Å². The van der Waals surface area contributed by atoms with E-state index in [0.29, 0.717) is 11.1 Å². The molecule has 0 amide bonds. The summed E-state index contributed by atoms with van der Waals surface area (Å²) in [4.78, 5) is 12.4. The van der Waals surface area contributed by atoms with Gasteiger partial charge in [-0.25, -0.2) is 4.39 Å². The maximum atomic E-state index is 13.7. The highest BCUT2D eigenvalue weighted by molar-refractivity contribution is 8.08. The first-order chi connectivity index (χ1) is 10.7. The normalized spacial score (nSPS) is 25.3. The van der Waals surface area contributed by atoms with Crippen molar-refractivity contribution < 1.29 is 9.18 Å². The van der Waals surface area contributed by atoms with E-state index in [9.17, 15) is 9.18 Å². The molecule has 108 valence electrons. The highest BCUT2D eigenvalue weighted by atomic mass is 32.2. The number of ketones is 1. The first-order valence-electron chi connectivity index (χ1n) is 7.14. The fourth-order valence-corrected chi connectivity index (χ4v) is 4.14. The molecule has 0 bridgehead atoms. The molecule has 2 atom stereocenters. The predicted octanol–water partition coefficient (Wildman–Crippen LogP) is 4.65. The second kappa shape index (κ2) is 4.96. The van der Waals surface area contributed by atoms with Crippen molar-refractivity contribution in [2.24, 2.45) is 0 Å². The Morgan fingerprint density at radius 3 is 2.41 bits per heavy atom. The van der Waals surface area contributed by atoms with Crippen molar-refractivity contribution in [3.63, 3.8) is 0 Å². The lowest BCUT2D eigenvalue weighted by Gasteiger charge is -2.13. The van der Waals surface area contributed by atoms with Crippen molar-refractivity contribution in [3.05, 3.63) is 95.3 Å². The fourth-order valence-electron chi connectivity index (χ4n) is 2.87. The van der Waals surface area contributed by atoms with E-state index >= 15 is 0 Å². The van der Waals surface area contributed by atoms with Crippen LogP contribution in [-0.2, 0) is 4.75 Å². The summed E-state index contributed by atoms with van der Waals surface area (Å²) in [7, 11) is 0. The lowest BCUT2D eigenvalue weighted by molar-refractivity contribution is 0.103. The topological polar surface area (TPSA) is 17.1 Å². The van der Waals surface area contributed by atoms with Crippen molar-refractivity contribution in [1.29, 1.82) is 0 Å². The van der Waals surface area contributed by atoms with Gasteiger partial charge in [0.1, 0.15) is 5.83 Å². The number of benzene rings is 2. The smallest absolute Gasteiger partial charge is 0.193 e. The number of carbonyl (C=O) groups excluding carboxylic acids is 1. The van der Waals surface area contributed by atoms with Crippen molar-refractivity contribution in [1.82, 2.24) is 0 Å². The summed E-state index contributed by atoms with van der Waals surface area (Å²) in [6.45, 7) is 0. The minimum absolute atomic E-state index is 0.00918. The van der Waals surface area contributed by atoms with Gasteiger partial charge >= 0.3 is 0 Å². The molecular formula is C19H13FOS. The first kappa shape index (κ1) is 13.5. The molecule has 2 aromatic rings. The Bertz CT molecular complexity index is 792. The van der Waals surface area contributed by atoms with Gasteiger partial charge in [-0.2, -0.15) is 0 Å². The van der Waals surface area contributed by atoms with Crippen LogP contribution in [0.5, 0.6) is 0 Å². The maximum Gasteiger partial charge on any atom is 0.193 e. The lowest BCUT2D eigenvalue weighted by atomic mass is 9.90. The van der Waals surface area contributed by atoms with Gasteiger partial charge in [-0.05, 0) is 11.6 Å². The molecule has 0 radical (unpaired) electrons. The van der Waals surface area contributed by atoms with Crippen molar-refractivity contribution in [3.8, 4) is 0 Å². The molecule has 3 heteroatoms. The summed E-state index contributed by atoms with van der Waals surface area (Å²) >= 11 is 1.60. The van der Waals surface area contributed by atoms with E-state index in [-0.39, 0.29) is 21.6 Å². The third-order valence-electron chi connectivity index (χ3n) is 4.13. The molecule has 22 heavy (non-hydrogen) atoms. The largest absolute Gasteiger partial charge is 0.289 e. The average molecular weight is 308 g/mol. The molecule has 1 fully saturated rings. The van der Waals surface area contributed by atoms with Gasteiger partial charge in [0.15, 0.2) is 5.78 Å². The van der Waals surface area contributed by atoms with Crippen LogP contribution in [0.25, 0.3) is 0 Å². The molecule has 0 N–H and O–H groups in total. The van der Waals surface area contributed by atoms with E-state index in [1.165, 1.54) is 6.08 Å². The van der Waals surface area contributed by atoms with Gasteiger partial charge in [0.25, 0.3) is 0 Å². The van der Waals surface area contributed by atoms with Gasteiger partial charge in [-0.1, -0.05) is 66.7 Å². The Labute approximate surface area is 132 Å². The molecule has 1 aliphatic carbocycles. The number of hydrogen-bond acceptors (Lipinski definition) is 2. The van der Waals surface area contributed by atoms with Crippen LogP contribution in [0, 0.1) is 0 Å². The number of fused-ring (bicyclic) bond motifs is 1. The Balaban J connectivity index is 1.62. The van der Waals surface area contributed by atoms with Crippen LogP contribution in [0.15, 0.2) is 78.7 Å². The number of rotatable bonds is 3. The van der Waals surface area contributed by atoms with E-state index in [2.05, 4.69) is 0 Å². The quantitative estimate of drug-likeness (QED) is 0.606. The van der Waals surface area contributed by atoms with E-state index in [1.807, 2.05) is 60.7 Å². The minimum Gasteiger partial charge on any atom is -0.289 e. The zero-order chi connectivity index (χ0) is 15.2. The van der Waals surface area contributed by atoms with Gasteiger partial charge < -0.3 is 0 Å². The minimum atomic E-state index is -0.271. The molecule has 1 nitrogen and oxygen atoms in total. The van der Waals surface area contributed by atoms with Crippen LogP contribution in [0.4, 0.5) is 4.39 Å². The van der Waals surface area contributed by atoms with Gasteiger partial charge in [0, 0.05) is 11.1 Å². The van der Waals surface area contributed by atoms with Gasteiger partial charge in [-0.3, -0.25) is 4.79 Å². The van der Waals surface area contributed by atoms with Gasteiger partial charge in [0.05, 0.1) is 10.00 Å². The third-order valence-corrected chi connectivity index (χ3v) is 5.71. The van der Waals surface area contributed by atoms with E-state index < -0.39 is 0 Å². The Hall–Kier alpha value is -2.13. The fraction of sp³-hybridized carbons (Fsp3) is 0.105. The second-order valence-corrected chi connectivity index (χ2v) is 6.86. The summed E-state index contributed by atoms with van der Waals surface area (Å²) < 4.78 is 13.4. The Kier molecular flexibility index (Phi) is 3.05. The number of hydrogen-bond donors (Lipinski definition) is 0. The number of thioether (sulfide) groups is 1. The maximum absolute atomic E-state index is 13.7. The molecule has 2 aromatic carbocycles. The third kappa shape index (κ3) is 2.04. The van der Waals surface area contributed by atoms with Crippen LogP contribution in [0.3, 0.4) is 0 Å². The highest BCUT2D eigenvalue weighted by Crippen LogP contribution is 2.66. The van der Waals surface area contributed by atoms with E-state index in [1.54, 1.807) is 17.8 Å². The molecule has 0 saturated carbocycles. The van der Waals surface area contributed by atoms with Crippen molar-refractivity contribution >= 4 is 17.5 Å². The van der Waals surface area contributed by atoms with Gasteiger partial charge in [-0.15, -0.1) is 11.8 Å².